The number of ether oxygens (including phenoxy) is 1. The van der Waals surface area contributed by atoms with E-state index in [0.717, 1.165) is 36.9 Å². The number of pyridine rings is 1. The van der Waals surface area contributed by atoms with Gasteiger partial charge in [0.1, 0.15) is 12.3 Å². The number of aryl methyl sites for hydroxylation is 1. The number of hydrogen-bond acceptors (Lipinski definition) is 5. The maximum absolute atomic E-state index is 13.0. The summed E-state index contributed by atoms with van der Waals surface area (Å²) in [7, 11) is -3.62. The lowest BCUT2D eigenvalue weighted by Crippen LogP contribution is -2.32. The zero-order chi connectivity index (χ0) is 21.1. The minimum absolute atomic E-state index is 0.0169. The number of esters is 1. The van der Waals surface area contributed by atoms with Gasteiger partial charge in [-0.3, -0.25) is 0 Å². The highest BCUT2D eigenvalue weighted by atomic mass is 32.2. The predicted octanol–water partition coefficient (Wildman–Crippen LogP) is 3.56. The van der Waals surface area contributed by atoms with Crippen molar-refractivity contribution in [3.8, 4) is 0 Å². The summed E-state index contributed by atoms with van der Waals surface area (Å²) in [4.78, 5) is 17.2. The molecule has 0 N–H and O–H groups in total. The first kappa shape index (κ1) is 20.6. The molecule has 8 heteroatoms. The molecule has 1 aliphatic heterocycles. The molecule has 1 saturated heterocycles. The van der Waals surface area contributed by atoms with Crippen LogP contribution in [-0.2, 0) is 21.4 Å². The minimum atomic E-state index is -3.62. The third-order valence-electron chi connectivity index (χ3n) is 5.35. The van der Waals surface area contributed by atoms with E-state index in [1.54, 1.807) is 12.1 Å². The van der Waals surface area contributed by atoms with Gasteiger partial charge < -0.3 is 9.14 Å². The van der Waals surface area contributed by atoms with E-state index < -0.39 is 16.0 Å². The molecule has 4 rings (SSSR count). The number of benzene rings is 1. The van der Waals surface area contributed by atoms with Gasteiger partial charge in [0, 0.05) is 25.5 Å². The molecule has 0 amide bonds. The average Bonchev–Trinajstić information content (AvgIpc) is 2.97. The highest BCUT2D eigenvalue weighted by Gasteiger charge is 2.26. The quantitative estimate of drug-likeness (QED) is 0.582. The Morgan fingerprint density at radius 2 is 1.87 bits per heavy atom. The molecule has 1 aliphatic rings. The molecule has 1 aromatic carbocycles. The zero-order valence-corrected chi connectivity index (χ0v) is 17.8. The van der Waals surface area contributed by atoms with Crippen molar-refractivity contribution in [3.05, 3.63) is 65.6 Å². The van der Waals surface area contributed by atoms with Gasteiger partial charge in [-0.2, -0.15) is 4.31 Å². The van der Waals surface area contributed by atoms with Gasteiger partial charge in [0.25, 0.3) is 0 Å². The summed E-state index contributed by atoms with van der Waals surface area (Å²) in [5.74, 6) is -0.573. The monoisotopic (exact) mass is 427 g/mol. The number of fused-ring (bicyclic) bond motifs is 1. The van der Waals surface area contributed by atoms with Crippen molar-refractivity contribution >= 4 is 21.6 Å². The van der Waals surface area contributed by atoms with E-state index >= 15 is 0 Å². The van der Waals surface area contributed by atoms with Crippen molar-refractivity contribution < 1.29 is 17.9 Å². The summed E-state index contributed by atoms with van der Waals surface area (Å²) >= 11 is 0. The van der Waals surface area contributed by atoms with Crippen LogP contribution in [-0.4, -0.2) is 41.2 Å². The fraction of sp³-hybridized carbons (Fsp3) is 0.364. The Morgan fingerprint density at radius 3 is 2.60 bits per heavy atom. The Labute approximate surface area is 176 Å². The van der Waals surface area contributed by atoms with Crippen molar-refractivity contribution in [2.45, 2.75) is 44.1 Å². The molecular weight excluding hydrogens is 402 g/mol. The zero-order valence-electron chi connectivity index (χ0n) is 17.0. The minimum Gasteiger partial charge on any atom is -0.456 e. The maximum atomic E-state index is 13.0. The van der Waals surface area contributed by atoms with Gasteiger partial charge in [-0.15, -0.1) is 0 Å². The van der Waals surface area contributed by atoms with Crippen LogP contribution in [0.1, 0.15) is 47.3 Å². The van der Waals surface area contributed by atoms with Crippen molar-refractivity contribution in [1.29, 1.82) is 0 Å². The Morgan fingerprint density at radius 1 is 1.10 bits per heavy atom. The maximum Gasteiger partial charge on any atom is 0.338 e. The number of hydrogen-bond donors (Lipinski definition) is 0. The summed E-state index contributed by atoms with van der Waals surface area (Å²) in [6.07, 6.45) is 7.51. The number of imidazole rings is 1. The first-order valence-corrected chi connectivity index (χ1v) is 11.6. The Balaban J connectivity index is 1.48. The van der Waals surface area contributed by atoms with Crippen LogP contribution < -0.4 is 0 Å². The highest BCUT2D eigenvalue weighted by Crippen LogP contribution is 2.21. The molecule has 3 aromatic rings. The third-order valence-corrected chi connectivity index (χ3v) is 7.25. The molecule has 0 unspecified atom stereocenters. The average molecular weight is 428 g/mol. The van der Waals surface area contributed by atoms with E-state index in [4.69, 9.17) is 4.74 Å². The fourth-order valence-electron chi connectivity index (χ4n) is 3.71. The second kappa shape index (κ2) is 8.57. The summed E-state index contributed by atoms with van der Waals surface area (Å²) in [6.45, 7) is 3.02. The van der Waals surface area contributed by atoms with Gasteiger partial charge in [-0.25, -0.2) is 18.2 Å². The molecule has 158 valence electrons. The van der Waals surface area contributed by atoms with Crippen LogP contribution in [0.5, 0.6) is 0 Å². The normalized spacial score (nSPS) is 15.8. The summed E-state index contributed by atoms with van der Waals surface area (Å²) in [5, 5.41) is 0. The van der Waals surface area contributed by atoms with E-state index in [2.05, 4.69) is 4.98 Å². The first-order valence-electron chi connectivity index (χ1n) is 10.2. The van der Waals surface area contributed by atoms with E-state index in [1.165, 1.54) is 16.4 Å². The molecule has 0 atom stereocenters. The number of nitrogens with zero attached hydrogens (tertiary/aromatic N) is 3. The lowest BCUT2D eigenvalue weighted by atomic mass is 10.2. The molecule has 0 bridgehead atoms. The Bertz CT molecular complexity index is 1160. The lowest BCUT2D eigenvalue weighted by Gasteiger charge is -2.20. The number of rotatable bonds is 5. The van der Waals surface area contributed by atoms with Crippen molar-refractivity contribution in [2.75, 3.05) is 13.1 Å². The molecule has 1 fully saturated rings. The van der Waals surface area contributed by atoms with Crippen molar-refractivity contribution in [2.24, 2.45) is 0 Å². The smallest absolute Gasteiger partial charge is 0.338 e. The topological polar surface area (TPSA) is 81.0 Å². The SMILES string of the molecule is Cc1cccn2cc(COC(=O)c3cccc(S(=O)(=O)N4CCCCCC4)c3)nc12. The molecule has 0 saturated carbocycles. The highest BCUT2D eigenvalue weighted by molar-refractivity contribution is 7.89. The van der Waals surface area contributed by atoms with E-state index in [0.29, 0.717) is 18.8 Å². The van der Waals surface area contributed by atoms with Gasteiger partial charge in [-0.05, 0) is 49.6 Å². The molecule has 7 nitrogen and oxygen atoms in total. The van der Waals surface area contributed by atoms with E-state index in [-0.39, 0.29) is 17.1 Å². The lowest BCUT2D eigenvalue weighted by molar-refractivity contribution is 0.0468. The molecule has 30 heavy (non-hydrogen) atoms. The van der Waals surface area contributed by atoms with Gasteiger partial charge >= 0.3 is 5.97 Å². The van der Waals surface area contributed by atoms with Crippen molar-refractivity contribution in [1.82, 2.24) is 13.7 Å². The molecule has 2 aromatic heterocycles. The summed E-state index contributed by atoms with van der Waals surface area (Å²) in [6, 6.07) is 9.97. The first-order chi connectivity index (χ1) is 14.4. The van der Waals surface area contributed by atoms with Gasteiger partial charge in [-0.1, -0.05) is 25.0 Å². The predicted molar refractivity (Wildman–Crippen MR) is 113 cm³/mol. The fourth-order valence-corrected chi connectivity index (χ4v) is 5.27. The van der Waals surface area contributed by atoms with Gasteiger partial charge in [0.2, 0.25) is 10.0 Å². The molecule has 0 aliphatic carbocycles. The van der Waals surface area contributed by atoms with Crippen LogP contribution in [0.25, 0.3) is 5.65 Å². The van der Waals surface area contributed by atoms with Crippen LogP contribution in [0.4, 0.5) is 0 Å². The van der Waals surface area contributed by atoms with Gasteiger partial charge in [0.05, 0.1) is 16.2 Å². The van der Waals surface area contributed by atoms with Gasteiger partial charge in [0.15, 0.2) is 0 Å². The third kappa shape index (κ3) is 4.24. The summed E-state index contributed by atoms with van der Waals surface area (Å²) in [5.41, 5.74) is 2.69. The second-order valence-electron chi connectivity index (χ2n) is 7.58. The summed E-state index contributed by atoms with van der Waals surface area (Å²) < 4.78 is 34.8. The molecular formula is C22H25N3O4S. The standard InChI is InChI=1S/C22H25N3O4S/c1-17-8-7-11-24-15-19(23-21(17)24)16-29-22(26)18-9-6-10-20(14-18)30(27,28)25-12-4-2-3-5-13-25/h6-11,14-15H,2-5,12-13,16H2,1H3. The van der Waals surface area contributed by atoms with Crippen LogP contribution in [0.2, 0.25) is 0 Å². The Kier molecular flexibility index (Phi) is 5.87. The molecule has 3 heterocycles. The second-order valence-corrected chi connectivity index (χ2v) is 9.51. The van der Waals surface area contributed by atoms with Crippen LogP contribution >= 0.6 is 0 Å². The van der Waals surface area contributed by atoms with Crippen LogP contribution in [0, 0.1) is 6.92 Å². The van der Waals surface area contributed by atoms with E-state index in [9.17, 15) is 13.2 Å². The number of carbonyl (C=O) groups excluding carboxylic acids is 1. The number of carbonyl (C=O) groups is 1. The largest absolute Gasteiger partial charge is 0.456 e. The number of sulfonamides is 1. The van der Waals surface area contributed by atoms with E-state index in [1.807, 2.05) is 35.9 Å². The molecule has 0 spiro atoms. The molecule has 0 radical (unpaired) electrons. The van der Waals surface area contributed by atoms with Crippen molar-refractivity contribution in [3.63, 3.8) is 0 Å². The van der Waals surface area contributed by atoms with Crippen LogP contribution in [0.3, 0.4) is 0 Å². The number of aromatic nitrogens is 2. The van der Waals surface area contributed by atoms with Crippen LogP contribution in [0.15, 0.2) is 53.7 Å². The Hall–Kier alpha value is -2.71.